The number of halogens is 2. The first-order valence-corrected chi connectivity index (χ1v) is 4.13. The van der Waals surface area contributed by atoms with Crippen LogP contribution in [0.1, 0.15) is 27.2 Å². The molecule has 0 aliphatic rings. The van der Waals surface area contributed by atoms with Crippen LogP contribution in [0.5, 0.6) is 0 Å². The summed E-state index contributed by atoms with van der Waals surface area (Å²) in [5.41, 5.74) is 0. The quantitative estimate of drug-likeness (QED) is 0.628. The molecule has 0 bridgehead atoms. The monoisotopic (exact) mass is 182 g/mol. The Morgan fingerprint density at radius 1 is 1.33 bits per heavy atom. The second-order valence-corrected chi connectivity index (χ2v) is 2.60. The lowest BCUT2D eigenvalue weighted by atomic mass is 10.3. The van der Waals surface area contributed by atoms with Gasteiger partial charge in [-0.05, 0) is 13.3 Å². The van der Waals surface area contributed by atoms with Crippen LogP contribution in [0.25, 0.3) is 0 Å². The molecule has 0 rings (SSSR count). The molecule has 0 aliphatic carbocycles. The molecule has 0 fully saturated rings. The maximum atomic E-state index is 12.2. The molecular formula is C8H16F2O2. The van der Waals surface area contributed by atoms with Gasteiger partial charge in [-0.25, -0.2) is 0 Å². The molecule has 1 atom stereocenters. The Bertz CT molecular complexity index is 112. The lowest BCUT2D eigenvalue weighted by Crippen LogP contribution is -2.25. The highest BCUT2D eigenvalue weighted by molar-refractivity contribution is 4.54. The van der Waals surface area contributed by atoms with Crippen LogP contribution in [-0.4, -0.2) is 25.4 Å². The van der Waals surface area contributed by atoms with E-state index in [-0.39, 0.29) is 12.7 Å². The lowest BCUT2D eigenvalue weighted by molar-refractivity contribution is -0.237. The summed E-state index contributed by atoms with van der Waals surface area (Å²) >= 11 is 0. The molecule has 4 heteroatoms. The summed E-state index contributed by atoms with van der Waals surface area (Å²) in [6.45, 7) is 4.90. The van der Waals surface area contributed by atoms with E-state index in [1.54, 1.807) is 0 Å². The molecule has 0 amide bonds. The first-order valence-electron chi connectivity index (χ1n) is 4.13. The standard InChI is InChI=1S/C8H16F2O2/c1-4-7(11-5-2)6-12-8(3,9)10/h7H,4-6H2,1-3H3. The van der Waals surface area contributed by atoms with Crippen LogP contribution in [-0.2, 0) is 9.47 Å². The van der Waals surface area contributed by atoms with E-state index in [1.807, 2.05) is 13.8 Å². The number of hydrogen-bond donors (Lipinski definition) is 0. The van der Waals surface area contributed by atoms with Gasteiger partial charge in [-0.1, -0.05) is 6.92 Å². The smallest absolute Gasteiger partial charge is 0.353 e. The maximum Gasteiger partial charge on any atom is 0.353 e. The van der Waals surface area contributed by atoms with Gasteiger partial charge < -0.3 is 9.47 Å². The summed E-state index contributed by atoms with van der Waals surface area (Å²) < 4.78 is 33.8. The number of ether oxygens (including phenoxy) is 2. The molecule has 0 radical (unpaired) electrons. The van der Waals surface area contributed by atoms with Crippen molar-refractivity contribution < 1.29 is 18.3 Å². The van der Waals surface area contributed by atoms with E-state index in [9.17, 15) is 8.78 Å². The minimum absolute atomic E-state index is 0.0478. The Labute approximate surface area is 71.9 Å². The SMILES string of the molecule is CCOC(CC)COC(C)(F)F. The van der Waals surface area contributed by atoms with Crippen molar-refractivity contribution in [3.8, 4) is 0 Å². The largest absolute Gasteiger partial charge is 0.376 e. The average molecular weight is 182 g/mol. The van der Waals surface area contributed by atoms with Crippen LogP contribution in [0, 0.1) is 0 Å². The predicted molar refractivity (Wildman–Crippen MR) is 42.3 cm³/mol. The third-order valence-electron chi connectivity index (χ3n) is 1.38. The second kappa shape index (κ2) is 5.43. The number of alkyl halides is 2. The van der Waals surface area contributed by atoms with Crippen molar-refractivity contribution in [3.63, 3.8) is 0 Å². The van der Waals surface area contributed by atoms with Crippen molar-refractivity contribution in [3.05, 3.63) is 0 Å². The van der Waals surface area contributed by atoms with Gasteiger partial charge in [0.1, 0.15) is 0 Å². The van der Waals surface area contributed by atoms with Crippen molar-refractivity contribution in [1.29, 1.82) is 0 Å². The molecule has 0 saturated heterocycles. The summed E-state index contributed by atoms with van der Waals surface area (Å²) in [5, 5.41) is 0. The van der Waals surface area contributed by atoms with Gasteiger partial charge in [0, 0.05) is 13.5 Å². The van der Waals surface area contributed by atoms with Crippen LogP contribution in [0.15, 0.2) is 0 Å². The normalized spacial score (nSPS) is 14.8. The first-order chi connectivity index (χ1) is 5.49. The molecule has 0 heterocycles. The number of hydrogen-bond acceptors (Lipinski definition) is 2. The second-order valence-electron chi connectivity index (χ2n) is 2.60. The predicted octanol–water partition coefficient (Wildman–Crippen LogP) is 2.43. The highest BCUT2D eigenvalue weighted by Crippen LogP contribution is 2.14. The summed E-state index contributed by atoms with van der Waals surface area (Å²) in [5.74, 6) is 0. The molecule has 0 aliphatic heterocycles. The maximum absolute atomic E-state index is 12.2. The molecule has 1 unspecified atom stereocenters. The van der Waals surface area contributed by atoms with E-state index in [4.69, 9.17) is 4.74 Å². The third-order valence-corrected chi connectivity index (χ3v) is 1.38. The van der Waals surface area contributed by atoms with Crippen LogP contribution in [0.2, 0.25) is 0 Å². The third kappa shape index (κ3) is 6.49. The molecule has 2 nitrogen and oxygen atoms in total. The Morgan fingerprint density at radius 3 is 2.25 bits per heavy atom. The van der Waals surface area contributed by atoms with Gasteiger partial charge in [-0.2, -0.15) is 8.78 Å². The van der Waals surface area contributed by atoms with Crippen molar-refractivity contribution in [2.75, 3.05) is 13.2 Å². The zero-order chi connectivity index (χ0) is 9.61. The zero-order valence-corrected chi connectivity index (χ0v) is 7.77. The average Bonchev–Trinajstić information content (AvgIpc) is 1.96. The van der Waals surface area contributed by atoms with E-state index < -0.39 is 6.11 Å². The van der Waals surface area contributed by atoms with Gasteiger partial charge in [0.05, 0.1) is 12.7 Å². The van der Waals surface area contributed by atoms with Crippen molar-refractivity contribution in [2.45, 2.75) is 39.4 Å². The zero-order valence-electron chi connectivity index (χ0n) is 7.77. The van der Waals surface area contributed by atoms with Gasteiger partial charge >= 0.3 is 6.11 Å². The molecule has 74 valence electrons. The molecule has 0 N–H and O–H groups in total. The van der Waals surface area contributed by atoms with Gasteiger partial charge in [0.25, 0.3) is 0 Å². The summed E-state index contributed by atoms with van der Waals surface area (Å²) in [6.07, 6.45) is -2.59. The van der Waals surface area contributed by atoms with Crippen LogP contribution in [0.3, 0.4) is 0 Å². The fourth-order valence-corrected chi connectivity index (χ4v) is 0.759. The molecule has 0 aromatic carbocycles. The van der Waals surface area contributed by atoms with Crippen molar-refractivity contribution >= 4 is 0 Å². The summed E-state index contributed by atoms with van der Waals surface area (Å²) in [4.78, 5) is 0. The van der Waals surface area contributed by atoms with Gasteiger partial charge in [-0.3, -0.25) is 0 Å². The van der Waals surface area contributed by atoms with Crippen LogP contribution >= 0.6 is 0 Å². The van der Waals surface area contributed by atoms with Gasteiger partial charge in [0.15, 0.2) is 0 Å². The lowest BCUT2D eigenvalue weighted by Gasteiger charge is -2.18. The molecule has 0 aromatic heterocycles. The van der Waals surface area contributed by atoms with E-state index >= 15 is 0 Å². The molecule has 0 spiro atoms. The Kier molecular flexibility index (Phi) is 5.33. The van der Waals surface area contributed by atoms with Gasteiger partial charge in [0.2, 0.25) is 0 Å². The highest BCUT2D eigenvalue weighted by atomic mass is 19.3. The van der Waals surface area contributed by atoms with Crippen molar-refractivity contribution in [1.82, 2.24) is 0 Å². The van der Waals surface area contributed by atoms with E-state index in [1.165, 1.54) is 0 Å². The summed E-state index contributed by atoms with van der Waals surface area (Å²) in [6, 6.07) is 0. The number of rotatable bonds is 6. The van der Waals surface area contributed by atoms with E-state index in [2.05, 4.69) is 4.74 Å². The molecule has 0 aromatic rings. The minimum Gasteiger partial charge on any atom is -0.376 e. The Morgan fingerprint density at radius 2 is 1.92 bits per heavy atom. The summed E-state index contributed by atoms with van der Waals surface area (Å²) in [7, 11) is 0. The van der Waals surface area contributed by atoms with Gasteiger partial charge in [-0.15, -0.1) is 0 Å². The fraction of sp³-hybridized carbons (Fsp3) is 1.00. The molecule has 0 saturated carbocycles. The molecular weight excluding hydrogens is 166 g/mol. The first kappa shape index (κ1) is 11.8. The minimum atomic E-state index is -3.05. The Hall–Kier alpha value is -0.220. The van der Waals surface area contributed by atoms with E-state index in [0.717, 1.165) is 6.92 Å². The van der Waals surface area contributed by atoms with Crippen LogP contribution < -0.4 is 0 Å². The fourth-order valence-electron chi connectivity index (χ4n) is 0.759. The Balaban J connectivity index is 3.58. The van der Waals surface area contributed by atoms with E-state index in [0.29, 0.717) is 13.0 Å². The highest BCUT2D eigenvalue weighted by Gasteiger charge is 2.23. The topological polar surface area (TPSA) is 18.5 Å². The van der Waals surface area contributed by atoms with Crippen molar-refractivity contribution in [2.24, 2.45) is 0 Å². The van der Waals surface area contributed by atoms with Crippen LogP contribution in [0.4, 0.5) is 8.78 Å². The molecule has 12 heavy (non-hydrogen) atoms.